The zero-order valence-corrected chi connectivity index (χ0v) is 13.6. The number of rotatable bonds is 2. The number of imidazole rings is 1. The van der Waals surface area contributed by atoms with Gasteiger partial charge in [0, 0.05) is 25.1 Å². The molecule has 0 spiro atoms. The standard InChI is InChI=1S/C16H15F3N6O/c17-16(18,19)13-9-11(22-15-20-6-8-25(13)15)12-3-1-2-7-24(12)14(26)10-4-5-21-23-10/h4-6,8-9,12H,1-3,7H2,(H,21,23). The van der Waals surface area contributed by atoms with Gasteiger partial charge in [0.05, 0.1) is 11.7 Å². The number of alkyl halides is 3. The van der Waals surface area contributed by atoms with E-state index in [1.807, 2.05) is 0 Å². The van der Waals surface area contributed by atoms with Crippen molar-refractivity contribution < 1.29 is 18.0 Å². The molecule has 0 saturated carbocycles. The molecule has 26 heavy (non-hydrogen) atoms. The summed E-state index contributed by atoms with van der Waals surface area (Å²) in [4.78, 5) is 22.5. The van der Waals surface area contributed by atoms with Gasteiger partial charge in [-0.05, 0) is 31.4 Å². The van der Waals surface area contributed by atoms with E-state index < -0.39 is 17.9 Å². The second-order valence-electron chi connectivity index (χ2n) is 6.14. The van der Waals surface area contributed by atoms with Gasteiger partial charge in [0.1, 0.15) is 11.4 Å². The number of hydrogen-bond donors (Lipinski definition) is 1. The molecule has 0 radical (unpaired) electrons. The van der Waals surface area contributed by atoms with Crippen LogP contribution in [0.1, 0.15) is 47.2 Å². The van der Waals surface area contributed by atoms with Crippen molar-refractivity contribution in [2.75, 3.05) is 6.54 Å². The van der Waals surface area contributed by atoms with E-state index >= 15 is 0 Å². The normalized spacial score (nSPS) is 18.4. The number of fused-ring (bicyclic) bond motifs is 1. The highest BCUT2D eigenvalue weighted by Gasteiger charge is 2.37. The number of carbonyl (C=O) groups is 1. The van der Waals surface area contributed by atoms with Crippen molar-refractivity contribution in [2.24, 2.45) is 0 Å². The minimum absolute atomic E-state index is 0.0330. The Balaban J connectivity index is 1.78. The first-order chi connectivity index (χ1) is 12.4. The van der Waals surface area contributed by atoms with Gasteiger partial charge in [0.15, 0.2) is 0 Å². The van der Waals surface area contributed by atoms with Gasteiger partial charge in [-0.3, -0.25) is 14.3 Å². The Kier molecular flexibility index (Phi) is 3.89. The van der Waals surface area contributed by atoms with Gasteiger partial charge in [-0.2, -0.15) is 18.3 Å². The Hall–Kier alpha value is -2.91. The summed E-state index contributed by atoms with van der Waals surface area (Å²) in [6.45, 7) is 0.450. The number of hydrogen-bond acceptors (Lipinski definition) is 4. The van der Waals surface area contributed by atoms with Gasteiger partial charge in [-0.25, -0.2) is 9.97 Å². The molecular formula is C16H15F3N6O. The van der Waals surface area contributed by atoms with E-state index in [-0.39, 0.29) is 17.4 Å². The zero-order valence-electron chi connectivity index (χ0n) is 13.6. The maximum Gasteiger partial charge on any atom is 0.431 e. The SMILES string of the molecule is O=C(c1ccn[nH]1)N1CCCCC1c1cc(C(F)(F)F)n2ccnc2n1. The number of nitrogens with zero attached hydrogens (tertiary/aromatic N) is 5. The summed E-state index contributed by atoms with van der Waals surface area (Å²) in [6.07, 6.45) is 1.54. The van der Waals surface area contributed by atoms with Crippen LogP contribution in [-0.4, -0.2) is 41.9 Å². The number of nitrogens with one attached hydrogen (secondary N) is 1. The van der Waals surface area contributed by atoms with Crippen LogP contribution >= 0.6 is 0 Å². The van der Waals surface area contributed by atoms with Crippen molar-refractivity contribution in [3.05, 3.63) is 47.8 Å². The number of aromatic nitrogens is 5. The summed E-state index contributed by atoms with van der Waals surface area (Å²) in [7, 11) is 0. The summed E-state index contributed by atoms with van der Waals surface area (Å²) < 4.78 is 41.3. The van der Waals surface area contributed by atoms with E-state index in [2.05, 4.69) is 20.2 Å². The third-order valence-corrected chi connectivity index (χ3v) is 4.52. The second-order valence-corrected chi connectivity index (χ2v) is 6.14. The van der Waals surface area contributed by atoms with Crippen molar-refractivity contribution >= 4 is 11.7 Å². The molecule has 136 valence electrons. The first kappa shape index (κ1) is 16.6. The number of halogens is 3. The summed E-state index contributed by atoms with van der Waals surface area (Å²) in [5.41, 5.74) is -0.354. The van der Waals surface area contributed by atoms with Gasteiger partial charge in [0.25, 0.3) is 5.91 Å². The first-order valence-electron chi connectivity index (χ1n) is 8.16. The molecule has 1 N–H and O–H groups in total. The van der Waals surface area contributed by atoms with Crippen LogP contribution in [0.25, 0.3) is 5.78 Å². The molecule has 1 aliphatic rings. The number of likely N-dealkylation sites (tertiary alicyclic amines) is 1. The van der Waals surface area contributed by atoms with Crippen molar-refractivity contribution in [1.82, 2.24) is 29.5 Å². The lowest BCUT2D eigenvalue weighted by Gasteiger charge is -2.35. The Bertz CT molecular complexity index is 933. The van der Waals surface area contributed by atoms with Gasteiger partial charge in [-0.15, -0.1) is 0 Å². The molecule has 1 amide bonds. The minimum atomic E-state index is -4.55. The van der Waals surface area contributed by atoms with Gasteiger partial charge >= 0.3 is 6.18 Å². The van der Waals surface area contributed by atoms with Crippen LogP contribution in [0.5, 0.6) is 0 Å². The molecule has 0 aromatic carbocycles. The third-order valence-electron chi connectivity index (χ3n) is 4.52. The highest BCUT2D eigenvalue weighted by atomic mass is 19.4. The van der Waals surface area contributed by atoms with Crippen molar-refractivity contribution in [3.8, 4) is 0 Å². The lowest BCUT2D eigenvalue weighted by atomic mass is 9.98. The highest BCUT2D eigenvalue weighted by molar-refractivity contribution is 5.92. The highest BCUT2D eigenvalue weighted by Crippen LogP contribution is 2.35. The topological polar surface area (TPSA) is 79.2 Å². The quantitative estimate of drug-likeness (QED) is 0.758. The fraction of sp³-hybridized carbons (Fsp3) is 0.375. The Labute approximate surface area is 145 Å². The molecule has 3 aromatic rings. The molecule has 1 aliphatic heterocycles. The Morgan fingerprint density at radius 2 is 2.12 bits per heavy atom. The minimum Gasteiger partial charge on any atom is -0.329 e. The largest absolute Gasteiger partial charge is 0.431 e. The van der Waals surface area contributed by atoms with E-state index in [0.29, 0.717) is 18.7 Å². The van der Waals surface area contributed by atoms with Crippen molar-refractivity contribution in [2.45, 2.75) is 31.5 Å². The molecule has 3 aromatic heterocycles. The van der Waals surface area contributed by atoms with Gasteiger partial charge < -0.3 is 4.90 Å². The lowest BCUT2D eigenvalue weighted by molar-refractivity contribution is -0.142. The van der Waals surface area contributed by atoms with Crippen LogP contribution in [0.2, 0.25) is 0 Å². The Morgan fingerprint density at radius 1 is 1.27 bits per heavy atom. The molecule has 7 nitrogen and oxygen atoms in total. The average Bonchev–Trinajstić information content (AvgIpc) is 3.30. The molecular weight excluding hydrogens is 349 g/mol. The van der Waals surface area contributed by atoms with Crippen LogP contribution < -0.4 is 0 Å². The van der Waals surface area contributed by atoms with Crippen LogP contribution in [0, 0.1) is 0 Å². The molecule has 1 saturated heterocycles. The number of aromatic amines is 1. The summed E-state index contributed by atoms with van der Waals surface area (Å²) in [6, 6.07) is 2.01. The molecule has 0 aliphatic carbocycles. The smallest absolute Gasteiger partial charge is 0.329 e. The van der Waals surface area contributed by atoms with E-state index in [1.165, 1.54) is 18.6 Å². The van der Waals surface area contributed by atoms with Crippen LogP contribution in [0.15, 0.2) is 30.7 Å². The molecule has 1 fully saturated rings. The number of H-pyrrole nitrogens is 1. The number of amides is 1. The summed E-state index contributed by atoms with van der Waals surface area (Å²) in [5, 5.41) is 6.38. The Morgan fingerprint density at radius 3 is 2.85 bits per heavy atom. The molecule has 4 heterocycles. The first-order valence-corrected chi connectivity index (χ1v) is 8.16. The third kappa shape index (κ3) is 2.80. The molecule has 0 bridgehead atoms. The predicted molar refractivity (Wildman–Crippen MR) is 84.2 cm³/mol. The fourth-order valence-electron chi connectivity index (χ4n) is 3.32. The zero-order chi connectivity index (χ0) is 18.3. The number of piperidine rings is 1. The maximum atomic E-state index is 13.5. The van der Waals surface area contributed by atoms with E-state index in [0.717, 1.165) is 23.3 Å². The van der Waals surface area contributed by atoms with Crippen LogP contribution in [0.3, 0.4) is 0 Å². The molecule has 10 heteroatoms. The second kappa shape index (κ2) is 6.11. The monoisotopic (exact) mass is 364 g/mol. The fourth-order valence-corrected chi connectivity index (χ4v) is 3.32. The summed E-state index contributed by atoms with van der Waals surface area (Å²) in [5.74, 6) is -0.333. The molecule has 4 rings (SSSR count). The van der Waals surface area contributed by atoms with E-state index in [4.69, 9.17) is 0 Å². The van der Waals surface area contributed by atoms with E-state index in [9.17, 15) is 18.0 Å². The molecule has 1 unspecified atom stereocenters. The van der Waals surface area contributed by atoms with Crippen molar-refractivity contribution in [3.63, 3.8) is 0 Å². The lowest BCUT2D eigenvalue weighted by Crippen LogP contribution is -2.39. The van der Waals surface area contributed by atoms with Gasteiger partial charge in [-0.1, -0.05) is 0 Å². The van der Waals surface area contributed by atoms with Crippen molar-refractivity contribution in [1.29, 1.82) is 0 Å². The average molecular weight is 364 g/mol. The summed E-state index contributed by atoms with van der Waals surface area (Å²) >= 11 is 0. The molecule has 1 atom stereocenters. The van der Waals surface area contributed by atoms with E-state index in [1.54, 1.807) is 11.0 Å². The number of carbonyl (C=O) groups excluding carboxylic acids is 1. The maximum absolute atomic E-state index is 13.5. The van der Waals surface area contributed by atoms with Crippen LogP contribution in [-0.2, 0) is 6.18 Å². The van der Waals surface area contributed by atoms with Crippen LogP contribution in [0.4, 0.5) is 13.2 Å². The van der Waals surface area contributed by atoms with Gasteiger partial charge in [0.2, 0.25) is 5.78 Å². The predicted octanol–water partition coefficient (Wildman–Crippen LogP) is 2.84.